The number of ether oxygens (including phenoxy) is 1. The molecule has 0 radical (unpaired) electrons. The predicted octanol–water partition coefficient (Wildman–Crippen LogP) is 3.39. The Kier molecular flexibility index (Phi) is 4.60. The Labute approximate surface area is 92.0 Å². The molecule has 15 heavy (non-hydrogen) atoms. The smallest absolute Gasteiger partial charge is 0.333 e. The van der Waals surface area contributed by atoms with E-state index in [0.29, 0.717) is 6.61 Å². The SMILES string of the molecule is CCOC(=O)/C(C)=C(\C)C1=CCCCC1. The van der Waals surface area contributed by atoms with Crippen molar-refractivity contribution in [2.45, 2.75) is 46.5 Å². The van der Waals surface area contributed by atoms with Crippen LogP contribution in [0.2, 0.25) is 0 Å². The number of hydrogen-bond donors (Lipinski definition) is 0. The Morgan fingerprint density at radius 2 is 2.13 bits per heavy atom. The monoisotopic (exact) mass is 208 g/mol. The Bertz CT molecular complexity index is 298. The van der Waals surface area contributed by atoms with Crippen LogP contribution in [0.1, 0.15) is 46.5 Å². The van der Waals surface area contributed by atoms with E-state index in [4.69, 9.17) is 4.74 Å². The summed E-state index contributed by atoms with van der Waals surface area (Å²) < 4.78 is 4.99. The van der Waals surface area contributed by atoms with E-state index >= 15 is 0 Å². The van der Waals surface area contributed by atoms with Gasteiger partial charge in [0.2, 0.25) is 0 Å². The Balaban J connectivity index is 2.78. The maximum Gasteiger partial charge on any atom is 0.333 e. The molecule has 1 rings (SSSR count). The number of rotatable bonds is 3. The molecule has 0 bridgehead atoms. The molecule has 2 nitrogen and oxygen atoms in total. The van der Waals surface area contributed by atoms with Gasteiger partial charge in [0.25, 0.3) is 0 Å². The third kappa shape index (κ3) is 3.22. The van der Waals surface area contributed by atoms with Gasteiger partial charge in [-0.3, -0.25) is 0 Å². The van der Waals surface area contributed by atoms with E-state index in [1.165, 1.54) is 18.4 Å². The lowest BCUT2D eigenvalue weighted by Crippen LogP contribution is -2.08. The molecule has 2 heteroatoms. The van der Waals surface area contributed by atoms with Crippen LogP contribution in [0.25, 0.3) is 0 Å². The first-order valence-corrected chi connectivity index (χ1v) is 5.70. The molecule has 1 aliphatic rings. The highest BCUT2D eigenvalue weighted by atomic mass is 16.5. The average Bonchev–Trinajstić information content (AvgIpc) is 2.28. The molecule has 0 amide bonds. The highest BCUT2D eigenvalue weighted by molar-refractivity contribution is 5.89. The van der Waals surface area contributed by atoms with E-state index in [2.05, 4.69) is 6.08 Å². The lowest BCUT2D eigenvalue weighted by Gasteiger charge is -2.15. The Morgan fingerprint density at radius 1 is 1.40 bits per heavy atom. The van der Waals surface area contributed by atoms with E-state index in [1.54, 1.807) is 0 Å². The minimum atomic E-state index is -0.179. The van der Waals surface area contributed by atoms with Crippen LogP contribution in [0, 0.1) is 0 Å². The van der Waals surface area contributed by atoms with Gasteiger partial charge in [-0.05, 0) is 57.6 Å². The van der Waals surface area contributed by atoms with Gasteiger partial charge in [0, 0.05) is 5.57 Å². The zero-order chi connectivity index (χ0) is 11.3. The van der Waals surface area contributed by atoms with E-state index in [9.17, 15) is 4.79 Å². The first-order chi connectivity index (χ1) is 7.16. The normalized spacial score (nSPS) is 17.9. The van der Waals surface area contributed by atoms with Crippen molar-refractivity contribution in [2.75, 3.05) is 6.61 Å². The second-order valence-electron chi connectivity index (χ2n) is 3.95. The first kappa shape index (κ1) is 12.0. The van der Waals surface area contributed by atoms with Crippen LogP contribution in [0.15, 0.2) is 22.8 Å². The summed E-state index contributed by atoms with van der Waals surface area (Å²) in [6.07, 6.45) is 7.00. The molecule has 0 aliphatic heterocycles. The quantitative estimate of drug-likeness (QED) is 0.525. The Hall–Kier alpha value is -1.05. The standard InChI is InChI=1S/C13H20O2/c1-4-15-13(14)11(3)10(2)12-8-6-5-7-9-12/h8H,4-7,9H2,1-3H3/b11-10+. The largest absolute Gasteiger partial charge is 0.463 e. The van der Waals surface area contributed by atoms with Gasteiger partial charge in [-0.15, -0.1) is 0 Å². The van der Waals surface area contributed by atoms with Crippen LogP contribution >= 0.6 is 0 Å². The van der Waals surface area contributed by atoms with Gasteiger partial charge in [-0.2, -0.15) is 0 Å². The van der Waals surface area contributed by atoms with Gasteiger partial charge in [0.1, 0.15) is 0 Å². The molecule has 0 saturated carbocycles. The molecule has 0 aromatic heterocycles. The van der Waals surface area contributed by atoms with Crippen LogP contribution < -0.4 is 0 Å². The lowest BCUT2D eigenvalue weighted by molar-refractivity contribution is -0.138. The highest BCUT2D eigenvalue weighted by Gasteiger charge is 2.13. The van der Waals surface area contributed by atoms with Gasteiger partial charge < -0.3 is 4.74 Å². The summed E-state index contributed by atoms with van der Waals surface area (Å²) >= 11 is 0. The van der Waals surface area contributed by atoms with Crippen molar-refractivity contribution in [1.29, 1.82) is 0 Å². The highest BCUT2D eigenvalue weighted by Crippen LogP contribution is 2.25. The van der Waals surface area contributed by atoms with E-state index < -0.39 is 0 Å². The van der Waals surface area contributed by atoms with E-state index in [-0.39, 0.29) is 5.97 Å². The fourth-order valence-corrected chi connectivity index (χ4v) is 1.81. The maximum absolute atomic E-state index is 11.5. The molecule has 0 aromatic rings. The number of esters is 1. The van der Waals surface area contributed by atoms with Crippen molar-refractivity contribution >= 4 is 5.97 Å². The summed E-state index contributed by atoms with van der Waals surface area (Å²) in [6.45, 7) is 6.15. The van der Waals surface area contributed by atoms with Crippen molar-refractivity contribution in [3.05, 3.63) is 22.8 Å². The van der Waals surface area contributed by atoms with Crippen LogP contribution in [0.3, 0.4) is 0 Å². The molecular weight excluding hydrogens is 188 g/mol. The summed E-state index contributed by atoms with van der Waals surface area (Å²) in [5.74, 6) is -0.179. The number of carbonyl (C=O) groups excluding carboxylic acids is 1. The fourth-order valence-electron chi connectivity index (χ4n) is 1.81. The number of hydrogen-bond acceptors (Lipinski definition) is 2. The molecule has 0 atom stereocenters. The average molecular weight is 208 g/mol. The minimum absolute atomic E-state index is 0.179. The second kappa shape index (κ2) is 5.74. The van der Waals surface area contributed by atoms with Crippen molar-refractivity contribution in [2.24, 2.45) is 0 Å². The van der Waals surface area contributed by atoms with Gasteiger partial charge in [0.15, 0.2) is 0 Å². The molecule has 84 valence electrons. The van der Waals surface area contributed by atoms with Crippen LogP contribution in [0.5, 0.6) is 0 Å². The van der Waals surface area contributed by atoms with Crippen molar-refractivity contribution < 1.29 is 9.53 Å². The van der Waals surface area contributed by atoms with Crippen LogP contribution in [-0.4, -0.2) is 12.6 Å². The van der Waals surface area contributed by atoms with Gasteiger partial charge in [-0.1, -0.05) is 6.08 Å². The van der Waals surface area contributed by atoms with Crippen molar-refractivity contribution in [3.63, 3.8) is 0 Å². The van der Waals surface area contributed by atoms with Gasteiger partial charge in [0.05, 0.1) is 6.61 Å². The summed E-state index contributed by atoms with van der Waals surface area (Å²) in [5.41, 5.74) is 3.19. The van der Waals surface area contributed by atoms with Crippen LogP contribution in [-0.2, 0) is 9.53 Å². The lowest BCUT2D eigenvalue weighted by atomic mass is 9.92. The zero-order valence-corrected chi connectivity index (χ0v) is 9.93. The summed E-state index contributed by atoms with van der Waals surface area (Å²) in [6, 6.07) is 0. The third-order valence-electron chi connectivity index (χ3n) is 2.92. The zero-order valence-electron chi connectivity index (χ0n) is 9.93. The molecule has 0 fully saturated rings. The van der Waals surface area contributed by atoms with E-state index in [0.717, 1.165) is 24.0 Å². The van der Waals surface area contributed by atoms with E-state index in [1.807, 2.05) is 20.8 Å². The summed E-state index contributed by atoms with van der Waals surface area (Å²) in [4.78, 5) is 11.5. The minimum Gasteiger partial charge on any atom is -0.463 e. The summed E-state index contributed by atoms with van der Waals surface area (Å²) in [5, 5.41) is 0. The molecule has 0 spiro atoms. The molecule has 0 saturated heterocycles. The predicted molar refractivity (Wildman–Crippen MR) is 61.6 cm³/mol. The maximum atomic E-state index is 11.5. The number of carbonyl (C=O) groups is 1. The van der Waals surface area contributed by atoms with Crippen molar-refractivity contribution in [1.82, 2.24) is 0 Å². The molecular formula is C13H20O2. The molecule has 1 aliphatic carbocycles. The summed E-state index contributed by atoms with van der Waals surface area (Å²) in [7, 11) is 0. The molecule has 0 unspecified atom stereocenters. The topological polar surface area (TPSA) is 26.3 Å². The van der Waals surface area contributed by atoms with Gasteiger partial charge in [-0.25, -0.2) is 4.79 Å². The molecule has 0 N–H and O–H groups in total. The molecule has 0 aromatic carbocycles. The first-order valence-electron chi connectivity index (χ1n) is 5.70. The Morgan fingerprint density at radius 3 is 2.67 bits per heavy atom. The van der Waals surface area contributed by atoms with Crippen molar-refractivity contribution in [3.8, 4) is 0 Å². The third-order valence-corrected chi connectivity index (χ3v) is 2.92. The second-order valence-corrected chi connectivity index (χ2v) is 3.95. The fraction of sp³-hybridized carbons (Fsp3) is 0.615. The number of allylic oxidation sites excluding steroid dienone is 3. The molecule has 0 heterocycles. The van der Waals surface area contributed by atoms with Crippen LogP contribution in [0.4, 0.5) is 0 Å². The van der Waals surface area contributed by atoms with Gasteiger partial charge >= 0.3 is 5.97 Å².